The molecule has 0 radical (unpaired) electrons. The molecule has 0 N–H and O–H groups in total. The quantitative estimate of drug-likeness (QED) is 0.226. The van der Waals surface area contributed by atoms with Crippen molar-refractivity contribution < 1.29 is 18.8 Å². The molecule has 150 valence electrons. The fraction of sp³-hybridized carbons (Fsp3) is 0.714. The van der Waals surface area contributed by atoms with E-state index in [1.165, 1.54) is 0 Å². The Morgan fingerprint density at radius 2 is 1.65 bits per heavy atom. The smallest absolute Gasteiger partial charge is 0.313 e. The summed E-state index contributed by atoms with van der Waals surface area (Å²) in [5, 5.41) is 0.0522. The van der Waals surface area contributed by atoms with Gasteiger partial charge in [-0.3, -0.25) is 9.59 Å². The van der Waals surface area contributed by atoms with Crippen molar-refractivity contribution in [2.45, 2.75) is 97.6 Å². The molecule has 5 heteroatoms. The number of esters is 1. The van der Waals surface area contributed by atoms with Crippen LogP contribution >= 0.6 is 0 Å². The van der Waals surface area contributed by atoms with Crippen molar-refractivity contribution in [2.24, 2.45) is 0 Å². The number of allylic oxidation sites excluding steroid dienone is 2. The fourth-order valence-corrected chi connectivity index (χ4v) is 3.40. The molecule has 0 aromatic rings. The topological polar surface area (TPSA) is 52.6 Å². The Bertz CT molecular complexity index is 533. The van der Waals surface area contributed by atoms with E-state index in [0.717, 1.165) is 5.57 Å². The maximum Gasteiger partial charge on any atom is 0.313 e. The van der Waals surface area contributed by atoms with E-state index in [-0.39, 0.29) is 29.8 Å². The third-order valence-electron chi connectivity index (χ3n) is 4.51. The zero-order valence-corrected chi connectivity index (χ0v) is 19.2. The maximum atomic E-state index is 12.4. The highest BCUT2D eigenvalue weighted by Crippen LogP contribution is 2.38. The van der Waals surface area contributed by atoms with E-state index in [1.807, 2.05) is 13.0 Å². The average molecular weight is 383 g/mol. The van der Waals surface area contributed by atoms with Crippen LogP contribution in [0.2, 0.25) is 18.1 Å². The highest BCUT2D eigenvalue weighted by molar-refractivity contribution is 6.74. The lowest BCUT2D eigenvalue weighted by molar-refractivity contribution is -0.156. The van der Waals surface area contributed by atoms with Crippen LogP contribution in [0, 0.1) is 0 Å². The highest BCUT2D eigenvalue weighted by atomic mass is 28.4. The van der Waals surface area contributed by atoms with Crippen LogP contribution in [0.4, 0.5) is 0 Å². The van der Waals surface area contributed by atoms with Crippen LogP contribution < -0.4 is 0 Å². The van der Waals surface area contributed by atoms with Crippen molar-refractivity contribution >= 4 is 20.1 Å². The molecule has 0 spiro atoms. The van der Waals surface area contributed by atoms with E-state index in [1.54, 1.807) is 26.8 Å². The van der Waals surface area contributed by atoms with Crippen molar-refractivity contribution in [3.63, 3.8) is 0 Å². The second-order valence-corrected chi connectivity index (χ2v) is 14.2. The number of carbonyl (C=O) groups excluding carboxylic acids is 2. The first-order valence-corrected chi connectivity index (χ1v) is 12.2. The highest BCUT2D eigenvalue weighted by Gasteiger charge is 2.39. The Balaban J connectivity index is 5.09. The summed E-state index contributed by atoms with van der Waals surface area (Å²) in [6, 6.07) is 0. The monoisotopic (exact) mass is 382 g/mol. The standard InChI is InChI=1S/C21H38O4Si/c1-11-16(2)12-13-18(25-26(9,10)21(6,7)8)14-17(22)15-19(23)24-20(3,4)5/h11-12,18H,1,13-15H2,2-10H3/b16-12-. The van der Waals surface area contributed by atoms with Crippen LogP contribution in [-0.2, 0) is 18.8 Å². The van der Waals surface area contributed by atoms with Gasteiger partial charge in [0, 0.05) is 6.42 Å². The molecule has 0 saturated carbocycles. The van der Waals surface area contributed by atoms with Gasteiger partial charge in [-0.2, -0.15) is 0 Å². The van der Waals surface area contributed by atoms with Gasteiger partial charge in [0.05, 0.1) is 6.10 Å². The zero-order chi connectivity index (χ0) is 20.8. The molecule has 26 heavy (non-hydrogen) atoms. The molecule has 1 atom stereocenters. The van der Waals surface area contributed by atoms with Crippen LogP contribution in [0.25, 0.3) is 0 Å². The molecule has 0 saturated heterocycles. The molecular weight excluding hydrogens is 344 g/mol. The van der Waals surface area contributed by atoms with Gasteiger partial charge in [-0.15, -0.1) is 0 Å². The van der Waals surface area contributed by atoms with Gasteiger partial charge in [-0.1, -0.05) is 45.1 Å². The van der Waals surface area contributed by atoms with Crippen LogP contribution in [0.3, 0.4) is 0 Å². The first-order chi connectivity index (χ1) is 11.6. The van der Waals surface area contributed by atoms with E-state index in [2.05, 4.69) is 40.4 Å². The minimum atomic E-state index is -2.02. The van der Waals surface area contributed by atoms with Crippen LogP contribution in [0.5, 0.6) is 0 Å². The van der Waals surface area contributed by atoms with Crippen molar-refractivity contribution in [1.29, 1.82) is 0 Å². The minimum Gasteiger partial charge on any atom is -0.460 e. The SMILES string of the molecule is C=C/C(C)=C\CC(CC(=O)CC(=O)OC(C)(C)C)O[Si](C)(C)C(C)(C)C. The van der Waals surface area contributed by atoms with E-state index < -0.39 is 19.9 Å². The lowest BCUT2D eigenvalue weighted by atomic mass is 10.1. The van der Waals surface area contributed by atoms with Gasteiger partial charge >= 0.3 is 5.97 Å². The number of Topliss-reactive ketones (excluding diaryl/α,β-unsaturated/α-hetero) is 1. The summed E-state index contributed by atoms with van der Waals surface area (Å²) in [5.41, 5.74) is 0.464. The Hall–Kier alpha value is -1.20. The van der Waals surface area contributed by atoms with Crippen molar-refractivity contribution in [1.82, 2.24) is 0 Å². The molecular formula is C21H38O4Si. The number of hydrogen-bond acceptors (Lipinski definition) is 4. The number of hydrogen-bond donors (Lipinski definition) is 0. The number of ether oxygens (including phenoxy) is 1. The van der Waals surface area contributed by atoms with E-state index in [4.69, 9.17) is 9.16 Å². The van der Waals surface area contributed by atoms with Gasteiger partial charge in [0.1, 0.15) is 17.8 Å². The average Bonchev–Trinajstić information content (AvgIpc) is 2.40. The van der Waals surface area contributed by atoms with E-state index >= 15 is 0 Å². The van der Waals surface area contributed by atoms with Gasteiger partial charge in [0.2, 0.25) is 0 Å². The fourth-order valence-electron chi connectivity index (χ4n) is 2.03. The number of carbonyl (C=O) groups is 2. The van der Waals surface area contributed by atoms with Gasteiger partial charge in [-0.05, 0) is 52.2 Å². The normalized spacial score (nSPS) is 14.7. The van der Waals surface area contributed by atoms with Crippen LogP contribution in [0.1, 0.15) is 67.7 Å². The van der Waals surface area contributed by atoms with E-state index in [9.17, 15) is 9.59 Å². The molecule has 0 amide bonds. The first kappa shape index (κ1) is 24.8. The Labute approximate surface area is 161 Å². The Morgan fingerprint density at radius 1 is 1.12 bits per heavy atom. The largest absolute Gasteiger partial charge is 0.460 e. The molecule has 0 aromatic heterocycles. The Morgan fingerprint density at radius 3 is 2.08 bits per heavy atom. The number of ketones is 1. The molecule has 4 nitrogen and oxygen atoms in total. The Kier molecular flexibility index (Phi) is 9.20. The molecule has 1 unspecified atom stereocenters. The second kappa shape index (κ2) is 9.65. The second-order valence-electron chi connectivity index (χ2n) is 9.39. The molecule has 0 bridgehead atoms. The van der Waals surface area contributed by atoms with Gasteiger partial charge in [0.15, 0.2) is 8.32 Å². The predicted molar refractivity (Wildman–Crippen MR) is 111 cm³/mol. The lowest BCUT2D eigenvalue weighted by Crippen LogP contribution is -2.44. The molecule has 0 aromatic carbocycles. The van der Waals surface area contributed by atoms with Crippen molar-refractivity contribution in [3.8, 4) is 0 Å². The molecule has 0 heterocycles. The number of rotatable bonds is 9. The van der Waals surface area contributed by atoms with Gasteiger partial charge in [0.25, 0.3) is 0 Å². The van der Waals surface area contributed by atoms with Gasteiger partial charge < -0.3 is 9.16 Å². The third kappa shape index (κ3) is 10.1. The van der Waals surface area contributed by atoms with Crippen molar-refractivity contribution in [2.75, 3.05) is 0 Å². The zero-order valence-electron chi connectivity index (χ0n) is 18.2. The molecule has 0 aliphatic carbocycles. The van der Waals surface area contributed by atoms with E-state index in [0.29, 0.717) is 6.42 Å². The predicted octanol–water partition coefficient (Wildman–Crippen LogP) is 5.59. The molecule has 0 aliphatic rings. The summed E-state index contributed by atoms with van der Waals surface area (Å²) in [5.74, 6) is -0.626. The summed E-state index contributed by atoms with van der Waals surface area (Å²) in [4.78, 5) is 24.3. The molecule has 0 fully saturated rings. The summed E-state index contributed by atoms with van der Waals surface area (Å²) in [6.07, 6.45) is 4.22. The third-order valence-corrected chi connectivity index (χ3v) is 9.04. The molecule has 0 aliphatic heterocycles. The lowest BCUT2D eigenvalue weighted by Gasteiger charge is -2.39. The maximum absolute atomic E-state index is 12.4. The van der Waals surface area contributed by atoms with Crippen LogP contribution in [0.15, 0.2) is 24.3 Å². The first-order valence-electron chi connectivity index (χ1n) is 9.28. The summed E-state index contributed by atoms with van der Waals surface area (Å²) < 4.78 is 11.7. The van der Waals surface area contributed by atoms with Crippen molar-refractivity contribution in [3.05, 3.63) is 24.3 Å². The minimum absolute atomic E-state index is 0.0522. The van der Waals surface area contributed by atoms with Crippen LogP contribution in [-0.4, -0.2) is 31.8 Å². The molecule has 0 rings (SSSR count). The summed E-state index contributed by atoms with van der Waals surface area (Å²) in [6.45, 7) is 22.0. The summed E-state index contributed by atoms with van der Waals surface area (Å²) >= 11 is 0. The van der Waals surface area contributed by atoms with Gasteiger partial charge in [-0.25, -0.2) is 0 Å². The summed E-state index contributed by atoms with van der Waals surface area (Å²) in [7, 11) is -2.02.